The predicted octanol–water partition coefficient (Wildman–Crippen LogP) is 3.29. The van der Waals surface area contributed by atoms with Crippen molar-refractivity contribution in [2.45, 2.75) is 37.1 Å². The van der Waals surface area contributed by atoms with Crippen molar-refractivity contribution in [2.24, 2.45) is 0 Å². The number of rotatable bonds is 6. The number of nitrogens with zero attached hydrogens (tertiary/aromatic N) is 1. The van der Waals surface area contributed by atoms with E-state index in [1.807, 2.05) is 6.92 Å². The lowest BCUT2D eigenvalue weighted by molar-refractivity contribution is 0.0474. The highest BCUT2D eigenvalue weighted by Gasteiger charge is 2.31. The Morgan fingerprint density at radius 1 is 1.00 bits per heavy atom. The van der Waals surface area contributed by atoms with Gasteiger partial charge in [-0.15, -0.1) is 0 Å². The van der Waals surface area contributed by atoms with Gasteiger partial charge in [-0.3, -0.25) is 4.79 Å². The standard InChI is InChI=1S/C21H23NO5S/c1-16-7-5-6-14-22(16)28(25,26)19-12-10-18(11-13-19)21(24)27-15-20(23)17-8-3-2-4-9-17/h2-4,8-13,16H,5-7,14-15H2,1H3/t16-/m0/s1. The van der Waals surface area contributed by atoms with E-state index in [0.717, 1.165) is 19.3 Å². The first kappa shape index (κ1) is 20.2. The molecule has 1 saturated heterocycles. The summed E-state index contributed by atoms with van der Waals surface area (Å²) in [5.74, 6) is -0.966. The summed E-state index contributed by atoms with van der Waals surface area (Å²) in [7, 11) is -3.59. The van der Waals surface area contributed by atoms with Crippen LogP contribution < -0.4 is 0 Å². The van der Waals surface area contributed by atoms with E-state index in [1.54, 1.807) is 30.3 Å². The maximum absolute atomic E-state index is 12.8. The molecule has 0 radical (unpaired) electrons. The van der Waals surface area contributed by atoms with Gasteiger partial charge < -0.3 is 4.74 Å². The highest BCUT2D eigenvalue weighted by atomic mass is 32.2. The molecule has 28 heavy (non-hydrogen) atoms. The molecule has 1 aliphatic heterocycles. The van der Waals surface area contributed by atoms with Crippen LogP contribution in [0.2, 0.25) is 0 Å². The molecule has 0 unspecified atom stereocenters. The van der Waals surface area contributed by atoms with Gasteiger partial charge in [-0.2, -0.15) is 4.31 Å². The van der Waals surface area contributed by atoms with Gasteiger partial charge in [-0.05, 0) is 44.0 Å². The Balaban J connectivity index is 1.65. The van der Waals surface area contributed by atoms with Gasteiger partial charge in [-0.1, -0.05) is 36.8 Å². The van der Waals surface area contributed by atoms with Crippen molar-refractivity contribution < 1.29 is 22.7 Å². The topological polar surface area (TPSA) is 80.8 Å². The van der Waals surface area contributed by atoms with Crippen molar-refractivity contribution in [3.63, 3.8) is 0 Å². The molecular weight excluding hydrogens is 378 g/mol. The van der Waals surface area contributed by atoms with Crippen LogP contribution in [0.1, 0.15) is 46.9 Å². The van der Waals surface area contributed by atoms with E-state index in [0.29, 0.717) is 12.1 Å². The number of sulfonamides is 1. The smallest absolute Gasteiger partial charge is 0.338 e. The molecule has 1 atom stereocenters. The molecule has 7 heteroatoms. The second-order valence-corrected chi connectivity index (χ2v) is 8.74. The number of hydrogen-bond donors (Lipinski definition) is 0. The van der Waals surface area contributed by atoms with Crippen LogP contribution in [0.15, 0.2) is 59.5 Å². The van der Waals surface area contributed by atoms with Crippen molar-refractivity contribution in [3.05, 3.63) is 65.7 Å². The average molecular weight is 401 g/mol. The van der Waals surface area contributed by atoms with Gasteiger partial charge in [0.1, 0.15) is 0 Å². The number of Topliss-reactive ketones (excluding diaryl/α,β-unsaturated/α-hetero) is 1. The number of esters is 1. The molecule has 0 aromatic heterocycles. The van der Waals surface area contributed by atoms with Crippen LogP contribution >= 0.6 is 0 Å². The molecule has 0 spiro atoms. The zero-order chi connectivity index (χ0) is 20.1. The van der Waals surface area contributed by atoms with Crippen LogP contribution in [-0.4, -0.2) is 43.7 Å². The Labute approximate surface area is 165 Å². The predicted molar refractivity (Wildman–Crippen MR) is 105 cm³/mol. The third kappa shape index (κ3) is 4.48. The quantitative estimate of drug-likeness (QED) is 0.548. The van der Waals surface area contributed by atoms with Crippen LogP contribution in [-0.2, 0) is 14.8 Å². The van der Waals surface area contributed by atoms with Crippen LogP contribution in [0.3, 0.4) is 0 Å². The molecule has 2 aromatic carbocycles. The van der Waals surface area contributed by atoms with E-state index < -0.39 is 16.0 Å². The van der Waals surface area contributed by atoms with Crippen molar-refractivity contribution in [2.75, 3.05) is 13.2 Å². The highest BCUT2D eigenvalue weighted by molar-refractivity contribution is 7.89. The summed E-state index contributed by atoms with van der Waals surface area (Å²) in [6, 6.07) is 14.2. The molecule has 1 fully saturated rings. The van der Waals surface area contributed by atoms with E-state index in [-0.39, 0.29) is 28.9 Å². The number of ketones is 1. The molecule has 2 aromatic rings. The summed E-state index contributed by atoms with van der Waals surface area (Å²) in [5.41, 5.74) is 0.666. The number of carbonyl (C=O) groups excluding carboxylic acids is 2. The maximum atomic E-state index is 12.8. The fraction of sp³-hybridized carbons (Fsp3) is 0.333. The number of carbonyl (C=O) groups is 2. The van der Waals surface area contributed by atoms with Gasteiger partial charge in [0.25, 0.3) is 0 Å². The first-order valence-electron chi connectivity index (χ1n) is 9.27. The zero-order valence-corrected chi connectivity index (χ0v) is 16.5. The van der Waals surface area contributed by atoms with Crippen LogP contribution in [0.25, 0.3) is 0 Å². The van der Waals surface area contributed by atoms with Gasteiger partial charge in [0.2, 0.25) is 10.0 Å². The van der Waals surface area contributed by atoms with Crippen LogP contribution in [0.4, 0.5) is 0 Å². The molecular formula is C21H23NO5S. The van der Waals surface area contributed by atoms with E-state index >= 15 is 0 Å². The first-order valence-corrected chi connectivity index (χ1v) is 10.7. The van der Waals surface area contributed by atoms with Crippen molar-refractivity contribution in [1.29, 1.82) is 0 Å². The minimum absolute atomic E-state index is 0.0348. The lowest BCUT2D eigenvalue weighted by Gasteiger charge is -2.32. The molecule has 1 heterocycles. The summed E-state index contributed by atoms with van der Waals surface area (Å²) in [5, 5.41) is 0. The number of piperidine rings is 1. The molecule has 1 aliphatic rings. The first-order chi connectivity index (χ1) is 13.4. The largest absolute Gasteiger partial charge is 0.454 e. The van der Waals surface area contributed by atoms with Crippen molar-refractivity contribution in [1.82, 2.24) is 4.31 Å². The molecule has 0 saturated carbocycles. The third-order valence-electron chi connectivity index (χ3n) is 4.87. The highest BCUT2D eigenvalue weighted by Crippen LogP contribution is 2.25. The SMILES string of the molecule is C[C@H]1CCCCN1S(=O)(=O)c1ccc(C(=O)OCC(=O)c2ccccc2)cc1. The second-order valence-electron chi connectivity index (χ2n) is 6.85. The average Bonchev–Trinajstić information content (AvgIpc) is 2.72. The van der Waals surface area contributed by atoms with Gasteiger partial charge in [0, 0.05) is 18.2 Å². The monoisotopic (exact) mass is 401 g/mol. The number of hydrogen-bond acceptors (Lipinski definition) is 5. The normalized spacial score (nSPS) is 17.8. The lowest BCUT2D eigenvalue weighted by atomic mass is 10.1. The molecule has 0 aliphatic carbocycles. The Kier molecular flexibility index (Phi) is 6.26. The number of ether oxygens (including phenoxy) is 1. The van der Waals surface area contributed by atoms with Crippen LogP contribution in [0, 0.1) is 0 Å². The van der Waals surface area contributed by atoms with Crippen LogP contribution in [0.5, 0.6) is 0 Å². The summed E-state index contributed by atoms with van der Waals surface area (Å²) < 4.78 is 32.2. The second kappa shape index (κ2) is 8.67. The van der Waals surface area contributed by atoms with Crippen molar-refractivity contribution in [3.8, 4) is 0 Å². The minimum Gasteiger partial charge on any atom is -0.454 e. The molecule has 0 amide bonds. The summed E-state index contributed by atoms with van der Waals surface area (Å²) in [4.78, 5) is 24.3. The maximum Gasteiger partial charge on any atom is 0.338 e. The van der Waals surface area contributed by atoms with Gasteiger partial charge in [-0.25, -0.2) is 13.2 Å². The zero-order valence-electron chi connectivity index (χ0n) is 15.7. The Morgan fingerprint density at radius 2 is 1.68 bits per heavy atom. The fourth-order valence-corrected chi connectivity index (χ4v) is 4.95. The van der Waals surface area contributed by atoms with Gasteiger partial charge >= 0.3 is 5.97 Å². The van der Waals surface area contributed by atoms with Gasteiger partial charge in [0.05, 0.1) is 10.5 Å². The summed E-state index contributed by atoms with van der Waals surface area (Å²) >= 11 is 0. The van der Waals surface area contributed by atoms with E-state index in [4.69, 9.17) is 4.74 Å². The fourth-order valence-electron chi connectivity index (χ4n) is 3.25. The summed E-state index contributed by atoms with van der Waals surface area (Å²) in [6.45, 7) is 2.05. The summed E-state index contributed by atoms with van der Waals surface area (Å²) in [6.07, 6.45) is 2.72. The van der Waals surface area contributed by atoms with E-state index in [2.05, 4.69) is 0 Å². The molecule has 3 rings (SSSR count). The Hall–Kier alpha value is -2.51. The molecule has 0 bridgehead atoms. The molecule has 6 nitrogen and oxygen atoms in total. The molecule has 0 N–H and O–H groups in total. The molecule has 148 valence electrons. The Morgan fingerprint density at radius 3 is 2.32 bits per heavy atom. The van der Waals surface area contributed by atoms with Gasteiger partial charge in [0.15, 0.2) is 12.4 Å². The van der Waals surface area contributed by atoms with E-state index in [1.165, 1.54) is 28.6 Å². The third-order valence-corrected chi connectivity index (χ3v) is 6.90. The lowest BCUT2D eigenvalue weighted by Crippen LogP contribution is -2.41. The number of benzene rings is 2. The Bertz CT molecular complexity index is 939. The van der Waals surface area contributed by atoms with E-state index in [9.17, 15) is 18.0 Å². The van der Waals surface area contributed by atoms with Crippen molar-refractivity contribution >= 4 is 21.8 Å². The minimum atomic E-state index is -3.59.